The van der Waals surface area contributed by atoms with Crippen LogP contribution in [-0.4, -0.2) is 42.2 Å². The summed E-state index contributed by atoms with van der Waals surface area (Å²) in [6.45, 7) is 3.96. The number of nitrogens with zero attached hydrogens (tertiary/aromatic N) is 3. The lowest BCUT2D eigenvalue weighted by atomic mass is 10.1. The van der Waals surface area contributed by atoms with Gasteiger partial charge in [0.15, 0.2) is 0 Å². The Morgan fingerprint density at radius 1 is 1.19 bits per heavy atom. The fourth-order valence-electron chi connectivity index (χ4n) is 2.65. The lowest BCUT2D eigenvalue weighted by Gasteiger charge is -2.28. The number of rotatable bonds is 3. The van der Waals surface area contributed by atoms with Crippen LogP contribution in [0.3, 0.4) is 0 Å². The van der Waals surface area contributed by atoms with Crippen molar-refractivity contribution in [2.45, 2.75) is 13.1 Å². The van der Waals surface area contributed by atoms with Crippen LogP contribution in [0.1, 0.15) is 21.9 Å². The van der Waals surface area contributed by atoms with Crippen LogP contribution in [0.4, 0.5) is 24.7 Å². The smallest absolute Gasteiger partial charge is 0.378 e. The van der Waals surface area contributed by atoms with E-state index in [4.69, 9.17) is 4.74 Å². The van der Waals surface area contributed by atoms with E-state index in [1.165, 1.54) is 24.3 Å². The van der Waals surface area contributed by atoms with Crippen molar-refractivity contribution in [3.63, 3.8) is 0 Å². The first kappa shape index (κ1) is 18.1. The van der Waals surface area contributed by atoms with Gasteiger partial charge in [-0.1, -0.05) is 12.1 Å². The van der Waals surface area contributed by atoms with Gasteiger partial charge in [0.2, 0.25) is 0 Å². The standard InChI is InChI=1S/C17H17F3N4O2/c1-11-21-14(10-15(22-11)24-6-8-26-9-7-24)16(25)23-13-5-3-2-4-12(13)17(18,19)20/h2-5,10H,6-9H2,1H3,(H,23,25). The number of morpholine rings is 1. The van der Waals surface area contributed by atoms with E-state index < -0.39 is 17.6 Å². The number of hydrogen-bond donors (Lipinski definition) is 1. The van der Waals surface area contributed by atoms with Crippen molar-refractivity contribution in [2.24, 2.45) is 0 Å². The van der Waals surface area contributed by atoms with Crippen molar-refractivity contribution in [2.75, 3.05) is 36.5 Å². The van der Waals surface area contributed by atoms with Crippen molar-refractivity contribution in [3.05, 3.63) is 47.4 Å². The molecule has 0 bridgehead atoms. The van der Waals surface area contributed by atoms with Gasteiger partial charge in [-0.3, -0.25) is 4.79 Å². The van der Waals surface area contributed by atoms with Crippen LogP contribution in [-0.2, 0) is 10.9 Å². The van der Waals surface area contributed by atoms with Gasteiger partial charge in [0.05, 0.1) is 24.5 Å². The fraction of sp³-hybridized carbons (Fsp3) is 0.353. The maximum absolute atomic E-state index is 13.1. The molecule has 0 spiro atoms. The van der Waals surface area contributed by atoms with E-state index in [0.29, 0.717) is 37.9 Å². The molecule has 26 heavy (non-hydrogen) atoms. The summed E-state index contributed by atoms with van der Waals surface area (Å²) in [4.78, 5) is 22.8. The topological polar surface area (TPSA) is 67.4 Å². The third kappa shape index (κ3) is 4.10. The van der Waals surface area contributed by atoms with Crippen LogP contribution in [0.5, 0.6) is 0 Å². The van der Waals surface area contributed by atoms with Crippen molar-refractivity contribution < 1.29 is 22.7 Å². The zero-order valence-electron chi connectivity index (χ0n) is 14.0. The van der Waals surface area contributed by atoms with Crippen LogP contribution in [0.2, 0.25) is 0 Å². The largest absolute Gasteiger partial charge is 0.418 e. The molecular weight excluding hydrogens is 349 g/mol. The zero-order chi connectivity index (χ0) is 18.7. The number of hydrogen-bond acceptors (Lipinski definition) is 5. The summed E-state index contributed by atoms with van der Waals surface area (Å²) in [5.41, 5.74) is -1.21. The van der Waals surface area contributed by atoms with Crippen LogP contribution < -0.4 is 10.2 Å². The number of anilines is 2. The fourth-order valence-corrected chi connectivity index (χ4v) is 2.65. The predicted octanol–water partition coefficient (Wildman–Crippen LogP) is 2.89. The number of halogens is 3. The average molecular weight is 366 g/mol. The maximum Gasteiger partial charge on any atom is 0.418 e. The first-order valence-electron chi connectivity index (χ1n) is 8.00. The quantitative estimate of drug-likeness (QED) is 0.905. The monoisotopic (exact) mass is 366 g/mol. The van der Waals surface area contributed by atoms with E-state index in [1.54, 1.807) is 6.92 Å². The Labute approximate surface area is 148 Å². The normalized spacial score (nSPS) is 15.0. The lowest BCUT2D eigenvalue weighted by molar-refractivity contribution is -0.136. The highest BCUT2D eigenvalue weighted by molar-refractivity contribution is 6.03. The molecule has 1 aromatic heterocycles. The highest BCUT2D eigenvalue weighted by Crippen LogP contribution is 2.34. The number of amides is 1. The van der Waals surface area contributed by atoms with E-state index in [2.05, 4.69) is 15.3 Å². The number of nitrogens with one attached hydrogen (secondary N) is 1. The molecule has 1 amide bonds. The molecule has 9 heteroatoms. The van der Waals surface area contributed by atoms with Crippen molar-refractivity contribution >= 4 is 17.4 Å². The minimum atomic E-state index is -4.57. The van der Waals surface area contributed by atoms with Crippen LogP contribution in [0.25, 0.3) is 0 Å². The van der Waals surface area contributed by atoms with Crippen LogP contribution in [0.15, 0.2) is 30.3 Å². The SMILES string of the molecule is Cc1nc(C(=O)Nc2ccccc2C(F)(F)F)cc(N2CCOCC2)n1. The second-order valence-electron chi connectivity index (χ2n) is 5.76. The Morgan fingerprint density at radius 3 is 2.58 bits per heavy atom. The zero-order valence-corrected chi connectivity index (χ0v) is 14.0. The summed E-state index contributed by atoms with van der Waals surface area (Å²) >= 11 is 0. The van der Waals surface area contributed by atoms with E-state index in [1.807, 2.05) is 4.90 Å². The highest BCUT2D eigenvalue weighted by atomic mass is 19.4. The number of aryl methyl sites for hydroxylation is 1. The third-order valence-corrected chi connectivity index (χ3v) is 3.87. The first-order chi connectivity index (χ1) is 12.3. The number of benzene rings is 1. The number of alkyl halides is 3. The maximum atomic E-state index is 13.1. The Morgan fingerprint density at radius 2 is 1.88 bits per heavy atom. The Hall–Kier alpha value is -2.68. The molecule has 1 N–H and O–H groups in total. The summed E-state index contributed by atoms with van der Waals surface area (Å²) in [6, 6.07) is 6.29. The van der Waals surface area contributed by atoms with Gasteiger partial charge in [-0.25, -0.2) is 9.97 Å². The van der Waals surface area contributed by atoms with Crippen molar-refractivity contribution in [1.29, 1.82) is 0 Å². The minimum Gasteiger partial charge on any atom is -0.378 e. The van der Waals surface area contributed by atoms with Crippen LogP contribution >= 0.6 is 0 Å². The molecule has 1 fully saturated rings. The van der Waals surface area contributed by atoms with Gasteiger partial charge >= 0.3 is 6.18 Å². The van der Waals surface area contributed by atoms with Crippen LogP contribution in [0, 0.1) is 6.92 Å². The molecule has 0 atom stereocenters. The van der Waals surface area contributed by atoms with E-state index >= 15 is 0 Å². The summed E-state index contributed by atoms with van der Waals surface area (Å²) < 4.78 is 44.5. The second-order valence-corrected chi connectivity index (χ2v) is 5.76. The molecule has 1 aliphatic heterocycles. The molecule has 0 unspecified atom stereocenters. The number of carbonyl (C=O) groups is 1. The molecule has 1 saturated heterocycles. The van der Waals surface area contributed by atoms with Gasteiger partial charge in [0.25, 0.3) is 5.91 Å². The first-order valence-corrected chi connectivity index (χ1v) is 8.00. The predicted molar refractivity (Wildman–Crippen MR) is 89.2 cm³/mol. The highest BCUT2D eigenvalue weighted by Gasteiger charge is 2.33. The van der Waals surface area contributed by atoms with Gasteiger partial charge in [0, 0.05) is 19.2 Å². The second kappa shape index (κ2) is 7.28. The number of aromatic nitrogens is 2. The van der Waals surface area contributed by atoms with Crippen molar-refractivity contribution in [1.82, 2.24) is 9.97 Å². The summed E-state index contributed by atoms with van der Waals surface area (Å²) in [5, 5.41) is 2.30. The van der Waals surface area contributed by atoms with Gasteiger partial charge in [0.1, 0.15) is 17.3 Å². The van der Waals surface area contributed by atoms with Gasteiger partial charge < -0.3 is 15.0 Å². The van der Waals surface area contributed by atoms with Gasteiger partial charge in [-0.2, -0.15) is 13.2 Å². The molecule has 2 aromatic rings. The molecule has 0 radical (unpaired) electrons. The summed E-state index contributed by atoms with van der Waals surface area (Å²) in [6.07, 6.45) is -4.57. The molecule has 3 rings (SSSR count). The lowest BCUT2D eigenvalue weighted by Crippen LogP contribution is -2.37. The molecule has 1 aliphatic rings. The number of para-hydroxylation sites is 1. The molecule has 1 aromatic carbocycles. The number of carbonyl (C=O) groups excluding carboxylic acids is 1. The van der Waals surface area contributed by atoms with Crippen molar-refractivity contribution in [3.8, 4) is 0 Å². The van der Waals surface area contributed by atoms with E-state index in [-0.39, 0.29) is 11.4 Å². The summed E-state index contributed by atoms with van der Waals surface area (Å²) in [5.74, 6) is 0.194. The molecule has 0 aliphatic carbocycles. The van der Waals surface area contributed by atoms with E-state index in [9.17, 15) is 18.0 Å². The minimum absolute atomic E-state index is 0.0102. The molecular formula is C17H17F3N4O2. The third-order valence-electron chi connectivity index (χ3n) is 3.87. The Bertz CT molecular complexity index is 805. The Balaban J connectivity index is 1.86. The average Bonchev–Trinajstić information content (AvgIpc) is 2.61. The number of ether oxygens (including phenoxy) is 1. The van der Waals surface area contributed by atoms with Gasteiger partial charge in [-0.05, 0) is 19.1 Å². The molecule has 0 saturated carbocycles. The Kier molecular flexibility index (Phi) is 5.08. The summed E-state index contributed by atoms with van der Waals surface area (Å²) in [7, 11) is 0. The van der Waals surface area contributed by atoms with Gasteiger partial charge in [-0.15, -0.1) is 0 Å². The molecule has 2 heterocycles. The van der Waals surface area contributed by atoms with E-state index in [0.717, 1.165) is 6.07 Å². The molecule has 138 valence electrons. The molecule has 6 nitrogen and oxygen atoms in total.